The average molecular weight is 379 g/mol. The van der Waals surface area contributed by atoms with Gasteiger partial charge in [0, 0.05) is 26.2 Å². The Morgan fingerprint density at radius 3 is 2.42 bits per heavy atom. The van der Waals surface area contributed by atoms with E-state index in [2.05, 4.69) is 0 Å². The van der Waals surface area contributed by atoms with Gasteiger partial charge in [0.25, 0.3) is 0 Å². The molecule has 0 aromatic heterocycles. The van der Waals surface area contributed by atoms with E-state index in [0.29, 0.717) is 13.0 Å². The van der Waals surface area contributed by atoms with E-state index < -0.39 is 16.1 Å². The van der Waals surface area contributed by atoms with Gasteiger partial charge in [-0.25, -0.2) is 8.42 Å². The summed E-state index contributed by atoms with van der Waals surface area (Å²) in [5.74, 6) is 0.102. The van der Waals surface area contributed by atoms with Gasteiger partial charge in [-0.2, -0.15) is 4.31 Å². The summed E-state index contributed by atoms with van der Waals surface area (Å²) >= 11 is 0. The normalized spacial score (nSPS) is 22.5. The van der Waals surface area contributed by atoms with E-state index in [9.17, 15) is 18.0 Å². The molecule has 2 saturated heterocycles. The van der Waals surface area contributed by atoms with Crippen LogP contribution >= 0.6 is 0 Å². The summed E-state index contributed by atoms with van der Waals surface area (Å²) in [6.07, 6.45) is 0.325. The van der Waals surface area contributed by atoms with Crippen molar-refractivity contribution in [2.75, 3.05) is 32.7 Å². The monoisotopic (exact) mass is 379 g/mol. The third kappa shape index (κ3) is 3.61. The Labute approximate surface area is 154 Å². The van der Waals surface area contributed by atoms with Gasteiger partial charge in [-0.15, -0.1) is 0 Å². The molecule has 2 fully saturated rings. The van der Waals surface area contributed by atoms with Gasteiger partial charge < -0.3 is 9.80 Å². The predicted molar refractivity (Wildman–Crippen MR) is 96.7 cm³/mol. The summed E-state index contributed by atoms with van der Waals surface area (Å²) in [5.41, 5.74) is 0. The highest BCUT2D eigenvalue weighted by molar-refractivity contribution is 7.89. The number of rotatable bonds is 4. The molecule has 2 aliphatic rings. The third-order valence-electron chi connectivity index (χ3n) is 4.83. The Kier molecular flexibility index (Phi) is 5.34. The van der Waals surface area contributed by atoms with Crippen molar-refractivity contribution in [2.45, 2.75) is 31.2 Å². The lowest BCUT2D eigenvalue weighted by molar-refractivity contribution is -0.156. The average Bonchev–Trinajstić information content (AvgIpc) is 2.84. The van der Waals surface area contributed by atoms with Gasteiger partial charge in [-0.3, -0.25) is 9.59 Å². The Balaban J connectivity index is 1.79. The van der Waals surface area contributed by atoms with E-state index in [-0.39, 0.29) is 48.8 Å². The van der Waals surface area contributed by atoms with Crippen LogP contribution in [0.5, 0.6) is 0 Å². The molecule has 1 aromatic rings. The molecule has 142 valence electrons. The maximum absolute atomic E-state index is 12.8. The second-order valence-electron chi connectivity index (χ2n) is 7.22. The molecule has 26 heavy (non-hydrogen) atoms. The van der Waals surface area contributed by atoms with Crippen LogP contribution in [0.25, 0.3) is 0 Å². The highest BCUT2D eigenvalue weighted by Gasteiger charge is 2.42. The van der Waals surface area contributed by atoms with Crippen LogP contribution in [-0.4, -0.2) is 73.1 Å². The maximum atomic E-state index is 12.8. The minimum Gasteiger partial charge on any atom is -0.331 e. The lowest BCUT2D eigenvalue weighted by Crippen LogP contribution is -2.60. The van der Waals surface area contributed by atoms with Crippen molar-refractivity contribution in [1.29, 1.82) is 0 Å². The molecule has 0 saturated carbocycles. The molecule has 0 radical (unpaired) electrons. The van der Waals surface area contributed by atoms with E-state index in [1.807, 2.05) is 13.8 Å². The molecular weight excluding hydrogens is 354 g/mol. The minimum absolute atomic E-state index is 0.0720. The molecule has 1 atom stereocenters. The fourth-order valence-electron chi connectivity index (χ4n) is 3.58. The zero-order valence-electron chi connectivity index (χ0n) is 15.2. The van der Waals surface area contributed by atoms with Crippen LogP contribution in [0.1, 0.15) is 20.3 Å². The first kappa shape index (κ1) is 18.8. The van der Waals surface area contributed by atoms with Gasteiger partial charge >= 0.3 is 0 Å². The summed E-state index contributed by atoms with van der Waals surface area (Å²) in [5, 5.41) is 0. The minimum atomic E-state index is -3.63. The Bertz CT molecular complexity index is 779. The first-order valence-electron chi connectivity index (χ1n) is 8.94. The molecule has 2 heterocycles. The highest BCUT2D eigenvalue weighted by Crippen LogP contribution is 2.23. The smallest absolute Gasteiger partial charge is 0.245 e. The SMILES string of the molecule is CC(C)CN1CC(=O)N2CCN(S(=O)(=O)c3ccccc3)CCC2C1=O. The van der Waals surface area contributed by atoms with Crippen molar-refractivity contribution >= 4 is 21.8 Å². The van der Waals surface area contributed by atoms with E-state index in [0.717, 1.165) is 0 Å². The van der Waals surface area contributed by atoms with Crippen molar-refractivity contribution in [3.63, 3.8) is 0 Å². The summed E-state index contributed by atoms with van der Waals surface area (Å²) in [7, 11) is -3.63. The molecule has 2 amide bonds. The largest absolute Gasteiger partial charge is 0.331 e. The number of nitrogens with zero attached hydrogens (tertiary/aromatic N) is 3. The van der Waals surface area contributed by atoms with Crippen molar-refractivity contribution in [2.24, 2.45) is 5.92 Å². The first-order valence-corrected chi connectivity index (χ1v) is 10.4. The highest BCUT2D eigenvalue weighted by atomic mass is 32.2. The van der Waals surface area contributed by atoms with Crippen molar-refractivity contribution < 1.29 is 18.0 Å². The number of hydrogen-bond acceptors (Lipinski definition) is 4. The van der Waals surface area contributed by atoms with Gasteiger partial charge in [-0.1, -0.05) is 32.0 Å². The number of carbonyl (C=O) groups excluding carboxylic acids is 2. The number of fused-ring (bicyclic) bond motifs is 1. The van der Waals surface area contributed by atoms with Gasteiger partial charge in [0.05, 0.1) is 11.4 Å². The van der Waals surface area contributed by atoms with Crippen LogP contribution in [0.15, 0.2) is 35.2 Å². The predicted octanol–water partition coefficient (Wildman–Crippen LogP) is 0.776. The van der Waals surface area contributed by atoms with Gasteiger partial charge in [0.15, 0.2) is 0 Å². The molecule has 0 N–H and O–H groups in total. The number of amides is 2. The molecule has 8 heteroatoms. The molecule has 0 bridgehead atoms. The number of carbonyl (C=O) groups is 2. The lowest BCUT2D eigenvalue weighted by atomic mass is 10.1. The summed E-state index contributed by atoms with van der Waals surface area (Å²) in [6.45, 7) is 5.32. The molecule has 0 aliphatic carbocycles. The summed E-state index contributed by atoms with van der Waals surface area (Å²) in [4.78, 5) is 28.7. The Hall–Kier alpha value is -1.93. The Morgan fingerprint density at radius 2 is 1.77 bits per heavy atom. The molecule has 1 unspecified atom stereocenters. The number of piperazine rings is 1. The number of hydrogen-bond donors (Lipinski definition) is 0. The second-order valence-corrected chi connectivity index (χ2v) is 9.16. The van der Waals surface area contributed by atoms with E-state index >= 15 is 0 Å². The zero-order valence-corrected chi connectivity index (χ0v) is 16.0. The lowest BCUT2D eigenvalue weighted by Gasteiger charge is -2.39. The molecule has 0 spiro atoms. The summed E-state index contributed by atoms with van der Waals surface area (Å²) in [6, 6.07) is 7.70. The molecule has 1 aromatic carbocycles. The third-order valence-corrected chi connectivity index (χ3v) is 6.74. The van der Waals surface area contributed by atoms with Crippen molar-refractivity contribution in [3.8, 4) is 0 Å². The standard InChI is InChI=1S/C18H25N3O4S/c1-14(2)12-19-13-17(22)21-11-10-20(9-8-16(21)18(19)23)26(24,25)15-6-4-3-5-7-15/h3-7,14,16H,8-13H2,1-2H3. The maximum Gasteiger partial charge on any atom is 0.245 e. The van der Waals surface area contributed by atoms with Crippen LogP contribution in [0.3, 0.4) is 0 Å². The van der Waals surface area contributed by atoms with Crippen LogP contribution in [0.2, 0.25) is 0 Å². The van der Waals surface area contributed by atoms with Gasteiger partial charge in [0.2, 0.25) is 21.8 Å². The van der Waals surface area contributed by atoms with Crippen LogP contribution in [0, 0.1) is 5.92 Å². The fourth-order valence-corrected chi connectivity index (χ4v) is 5.05. The Morgan fingerprint density at radius 1 is 1.08 bits per heavy atom. The van der Waals surface area contributed by atoms with Crippen LogP contribution < -0.4 is 0 Å². The van der Waals surface area contributed by atoms with Crippen molar-refractivity contribution in [1.82, 2.24) is 14.1 Å². The molecular formula is C18H25N3O4S. The van der Waals surface area contributed by atoms with E-state index in [1.165, 1.54) is 4.31 Å². The number of sulfonamides is 1. The second kappa shape index (κ2) is 7.36. The quantitative estimate of drug-likeness (QED) is 0.774. The van der Waals surface area contributed by atoms with Crippen LogP contribution in [0.4, 0.5) is 0 Å². The topological polar surface area (TPSA) is 78.0 Å². The molecule has 2 aliphatic heterocycles. The molecule has 7 nitrogen and oxygen atoms in total. The zero-order chi connectivity index (χ0) is 18.9. The van der Waals surface area contributed by atoms with E-state index in [1.54, 1.807) is 40.1 Å². The number of benzene rings is 1. The van der Waals surface area contributed by atoms with Gasteiger partial charge in [-0.05, 0) is 24.5 Å². The fraction of sp³-hybridized carbons (Fsp3) is 0.556. The first-order chi connectivity index (χ1) is 12.3. The summed E-state index contributed by atoms with van der Waals surface area (Å²) < 4.78 is 27.1. The van der Waals surface area contributed by atoms with Crippen LogP contribution in [-0.2, 0) is 19.6 Å². The van der Waals surface area contributed by atoms with E-state index in [4.69, 9.17) is 0 Å². The van der Waals surface area contributed by atoms with Crippen molar-refractivity contribution in [3.05, 3.63) is 30.3 Å². The van der Waals surface area contributed by atoms with Gasteiger partial charge in [0.1, 0.15) is 6.04 Å². The molecule has 3 rings (SSSR count).